The Hall–Kier alpha value is -2.26. The zero-order valence-electron chi connectivity index (χ0n) is 11.6. The average Bonchev–Trinajstić information content (AvgIpc) is 2.46. The normalized spacial score (nSPS) is 10.1. The first-order chi connectivity index (χ1) is 10.2. The van der Waals surface area contributed by atoms with Crippen LogP contribution < -0.4 is 10.3 Å². The summed E-state index contributed by atoms with van der Waals surface area (Å²) >= 11 is 1.48. The third-order valence-corrected chi connectivity index (χ3v) is 3.60. The van der Waals surface area contributed by atoms with Gasteiger partial charge in [-0.15, -0.1) is 0 Å². The highest BCUT2D eigenvalue weighted by molar-refractivity contribution is 7.99. The molecule has 0 unspecified atom stereocenters. The highest BCUT2D eigenvalue weighted by Crippen LogP contribution is 2.17. The summed E-state index contributed by atoms with van der Waals surface area (Å²) in [5, 5.41) is 9.57. The van der Waals surface area contributed by atoms with Gasteiger partial charge in [0.1, 0.15) is 11.8 Å². The largest absolute Gasteiger partial charge is 0.492 e. The fourth-order valence-corrected chi connectivity index (χ4v) is 2.55. The molecule has 1 N–H and O–H groups in total. The van der Waals surface area contributed by atoms with E-state index < -0.39 is 0 Å². The van der Waals surface area contributed by atoms with Gasteiger partial charge >= 0.3 is 0 Å². The fraction of sp³-hybridized carbons (Fsp3) is 0.267. The van der Waals surface area contributed by atoms with Crippen molar-refractivity contribution >= 4 is 11.8 Å². The van der Waals surface area contributed by atoms with Crippen LogP contribution in [0.1, 0.15) is 17.7 Å². The summed E-state index contributed by atoms with van der Waals surface area (Å²) < 4.78 is 5.59. The molecule has 0 bridgehead atoms. The number of aromatic amines is 1. The predicted octanol–water partition coefficient (Wildman–Crippen LogP) is 2.51. The average molecular weight is 301 g/mol. The zero-order valence-corrected chi connectivity index (χ0v) is 12.4. The molecule has 108 valence electrons. The molecule has 0 atom stereocenters. The lowest BCUT2D eigenvalue weighted by atomic mass is 10.2. The summed E-state index contributed by atoms with van der Waals surface area (Å²) in [6, 6.07) is 10.7. The first-order valence-electron chi connectivity index (χ1n) is 6.52. The summed E-state index contributed by atoms with van der Waals surface area (Å²) in [6.07, 6.45) is 0.794. The number of thioether (sulfide) groups is 1. The van der Waals surface area contributed by atoms with E-state index in [1.165, 1.54) is 17.8 Å². The van der Waals surface area contributed by atoms with E-state index in [-0.39, 0.29) is 5.56 Å². The molecule has 0 radical (unpaired) electrons. The number of para-hydroxylation sites is 1. The van der Waals surface area contributed by atoms with Gasteiger partial charge in [-0.25, -0.2) is 4.98 Å². The smallest absolute Gasteiger partial charge is 0.251 e. The molecule has 1 heterocycles. The van der Waals surface area contributed by atoms with E-state index >= 15 is 0 Å². The molecule has 0 aliphatic heterocycles. The molecule has 0 saturated heterocycles. The molecule has 1 aromatic heterocycles. The van der Waals surface area contributed by atoms with E-state index in [0.717, 1.165) is 12.2 Å². The number of nitrogens with zero attached hydrogens (tertiary/aromatic N) is 2. The minimum absolute atomic E-state index is 0.135. The molecule has 0 fully saturated rings. The second-order valence-corrected chi connectivity index (χ2v) is 5.43. The van der Waals surface area contributed by atoms with Gasteiger partial charge in [-0.3, -0.25) is 4.79 Å². The van der Waals surface area contributed by atoms with Crippen LogP contribution in [0.5, 0.6) is 5.75 Å². The van der Waals surface area contributed by atoms with Crippen molar-refractivity contribution in [2.24, 2.45) is 0 Å². The summed E-state index contributed by atoms with van der Waals surface area (Å²) in [5.74, 6) is 1.38. The van der Waals surface area contributed by atoms with Gasteiger partial charge in [-0.2, -0.15) is 5.26 Å². The standard InChI is InChI=1S/C15H15N3O2S/c1-11-9-14(19)18-15(17-11)21-8-4-7-20-13-6-3-2-5-12(13)10-16/h2-3,5-6,9H,4,7-8H2,1H3,(H,17,18,19). The van der Waals surface area contributed by atoms with Gasteiger partial charge in [-0.05, 0) is 25.5 Å². The molecule has 0 aliphatic carbocycles. The summed E-state index contributed by atoms with van der Waals surface area (Å²) in [6.45, 7) is 2.31. The van der Waals surface area contributed by atoms with Crippen LogP contribution in [0, 0.1) is 18.3 Å². The van der Waals surface area contributed by atoms with Gasteiger partial charge in [0.25, 0.3) is 5.56 Å². The zero-order chi connectivity index (χ0) is 15.1. The van der Waals surface area contributed by atoms with Gasteiger partial charge in [0.15, 0.2) is 5.16 Å². The van der Waals surface area contributed by atoms with Crippen molar-refractivity contribution in [1.82, 2.24) is 9.97 Å². The summed E-state index contributed by atoms with van der Waals surface area (Å²) in [5.41, 5.74) is 1.11. The number of hydrogen-bond acceptors (Lipinski definition) is 5. The van der Waals surface area contributed by atoms with E-state index in [4.69, 9.17) is 10.00 Å². The van der Waals surface area contributed by atoms with Crippen molar-refractivity contribution in [3.05, 3.63) is 51.9 Å². The van der Waals surface area contributed by atoms with E-state index in [9.17, 15) is 4.79 Å². The number of benzene rings is 1. The molecular formula is C15H15N3O2S. The lowest BCUT2D eigenvalue weighted by Crippen LogP contribution is -2.08. The van der Waals surface area contributed by atoms with Crippen LogP contribution in [-0.2, 0) is 0 Å². The molecule has 0 spiro atoms. The third kappa shape index (κ3) is 4.65. The van der Waals surface area contributed by atoms with E-state index in [1.54, 1.807) is 25.1 Å². The quantitative estimate of drug-likeness (QED) is 0.504. The summed E-state index contributed by atoms with van der Waals surface area (Å²) in [4.78, 5) is 18.2. The Morgan fingerprint density at radius 2 is 2.24 bits per heavy atom. The van der Waals surface area contributed by atoms with Crippen LogP contribution in [0.2, 0.25) is 0 Å². The van der Waals surface area contributed by atoms with Gasteiger partial charge in [0.05, 0.1) is 12.2 Å². The SMILES string of the molecule is Cc1cc(=O)[nH]c(SCCCOc2ccccc2C#N)n1. The van der Waals surface area contributed by atoms with Crippen molar-refractivity contribution in [1.29, 1.82) is 5.26 Å². The Kier molecular flexibility index (Phi) is 5.41. The first kappa shape index (κ1) is 15.1. The number of nitriles is 1. The van der Waals surface area contributed by atoms with Crippen molar-refractivity contribution in [2.75, 3.05) is 12.4 Å². The van der Waals surface area contributed by atoms with E-state index in [2.05, 4.69) is 16.0 Å². The molecule has 21 heavy (non-hydrogen) atoms. The van der Waals surface area contributed by atoms with Gasteiger partial charge in [0.2, 0.25) is 0 Å². The second kappa shape index (κ2) is 7.50. The maximum Gasteiger partial charge on any atom is 0.251 e. The molecule has 5 nitrogen and oxygen atoms in total. The fourth-order valence-electron chi connectivity index (χ4n) is 1.71. The lowest BCUT2D eigenvalue weighted by Gasteiger charge is -2.07. The van der Waals surface area contributed by atoms with Crippen LogP contribution in [-0.4, -0.2) is 22.3 Å². The van der Waals surface area contributed by atoms with Crippen LogP contribution in [0.15, 0.2) is 40.3 Å². The van der Waals surface area contributed by atoms with Gasteiger partial charge in [-0.1, -0.05) is 23.9 Å². The third-order valence-electron chi connectivity index (χ3n) is 2.64. The number of rotatable bonds is 6. The van der Waals surface area contributed by atoms with E-state index in [1.807, 2.05) is 6.07 Å². The second-order valence-electron chi connectivity index (χ2n) is 4.35. The number of ether oxygens (including phenoxy) is 1. The number of nitrogens with one attached hydrogen (secondary N) is 1. The van der Waals surface area contributed by atoms with Crippen molar-refractivity contribution in [2.45, 2.75) is 18.5 Å². The molecule has 0 aliphatic rings. The van der Waals surface area contributed by atoms with Crippen molar-refractivity contribution in [3.63, 3.8) is 0 Å². The molecule has 2 aromatic rings. The molecule has 6 heteroatoms. The van der Waals surface area contributed by atoms with Crippen LogP contribution in [0.4, 0.5) is 0 Å². The Morgan fingerprint density at radius 1 is 1.43 bits per heavy atom. The summed E-state index contributed by atoms with van der Waals surface area (Å²) in [7, 11) is 0. The maximum atomic E-state index is 11.3. The Morgan fingerprint density at radius 3 is 3.00 bits per heavy atom. The predicted molar refractivity (Wildman–Crippen MR) is 81.6 cm³/mol. The van der Waals surface area contributed by atoms with Crippen LogP contribution >= 0.6 is 11.8 Å². The van der Waals surface area contributed by atoms with Gasteiger partial charge in [0, 0.05) is 17.5 Å². The van der Waals surface area contributed by atoms with Crippen molar-refractivity contribution in [3.8, 4) is 11.8 Å². The molecular weight excluding hydrogens is 286 g/mol. The van der Waals surface area contributed by atoms with Gasteiger partial charge < -0.3 is 9.72 Å². The van der Waals surface area contributed by atoms with Crippen LogP contribution in [0.3, 0.4) is 0 Å². The molecule has 0 amide bonds. The van der Waals surface area contributed by atoms with Crippen LogP contribution in [0.25, 0.3) is 0 Å². The highest BCUT2D eigenvalue weighted by Gasteiger charge is 2.02. The number of aromatic nitrogens is 2. The van der Waals surface area contributed by atoms with Crippen molar-refractivity contribution < 1.29 is 4.74 Å². The number of H-pyrrole nitrogens is 1. The monoisotopic (exact) mass is 301 g/mol. The minimum Gasteiger partial charge on any atom is -0.492 e. The lowest BCUT2D eigenvalue weighted by molar-refractivity contribution is 0.318. The topological polar surface area (TPSA) is 78.8 Å². The molecule has 0 saturated carbocycles. The Bertz CT molecular complexity index is 707. The molecule has 2 rings (SSSR count). The Balaban J connectivity index is 1.78. The highest BCUT2D eigenvalue weighted by atomic mass is 32.2. The maximum absolute atomic E-state index is 11.3. The first-order valence-corrected chi connectivity index (χ1v) is 7.50. The number of aryl methyl sites for hydroxylation is 1. The number of hydrogen-bond donors (Lipinski definition) is 1. The molecule has 1 aromatic carbocycles. The van der Waals surface area contributed by atoms with E-state index in [0.29, 0.717) is 28.8 Å². The minimum atomic E-state index is -0.135. The Labute approximate surface area is 127 Å².